The number of ketones is 1. The van der Waals surface area contributed by atoms with Crippen molar-refractivity contribution in [3.63, 3.8) is 0 Å². The van der Waals surface area contributed by atoms with Crippen LogP contribution < -0.4 is 0 Å². The van der Waals surface area contributed by atoms with Gasteiger partial charge < -0.3 is 0 Å². The third-order valence-corrected chi connectivity index (χ3v) is 2.89. The lowest BCUT2D eigenvalue weighted by atomic mass is 9.89. The Morgan fingerprint density at radius 3 is 2.44 bits per heavy atom. The molecule has 0 saturated heterocycles. The van der Waals surface area contributed by atoms with E-state index in [1.54, 1.807) is 0 Å². The van der Waals surface area contributed by atoms with Gasteiger partial charge in [0.05, 0.1) is 0 Å². The fraction of sp³-hybridized carbons (Fsp3) is 0.562. The minimum absolute atomic E-state index is 0.198. The molecule has 0 saturated carbocycles. The van der Waals surface area contributed by atoms with E-state index in [9.17, 15) is 9.18 Å². The number of halogens is 1. The summed E-state index contributed by atoms with van der Waals surface area (Å²) in [5, 5.41) is 0. The number of rotatable bonds is 5. The van der Waals surface area contributed by atoms with Gasteiger partial charge in [-0.05, 0) is 48.4 Å². The highest BCUT2D eigenvalue weighted by Gasteiger charge is 2.11. The predicted octanol–water partition coefficient (Wildman–Crippen LogP) is 4.46. The zero-order chi connectivity index (χ0) is 13.8. The van der Waals surface area contributed by atoms with Gasteiger partial charge in [-0.15, -0.1) is 0 Å². The number of hydrogen-bond donors (Lipinski definition) is 0. The molecule has 0 radical (unpaired) electrons. The monoisotopic (exact) mass is 250 g/mol. The van der Waals surface area contributed by atoms with Crippen molar-refractivity contribution < 1.29 is 9.18 Å². The minimum Gasteiger partial charge on any atom is -0.299 e. The Balaban J connectivity index is 2.45. The summed E-state index contributed by atoms with van der Waals surface area (Å²) in [5.41, 5.74) is 1.93. The number of benzene rings is 1. The molecule has 0 spiro atoms. The van der Waals surface area contributed by atoms with Gasteiger partial charge in [0.25, 0.3) is 0 Å². The van der Waals surface area contributed by atoms with Crippen LogP contribution in [0.2, 0.25) is 0 Å². The molecule has 0 aromatic heterocycles. The first-order chi connectivity index (χ1) is 8.26. The molecule has 0 heterocycles. The molecule has 0 atom stereocenters. The second-order valence-corrected chi connectivity index (χ2v) is 6.27. The molecule has 1 nitrogen and oxygen atoms in total. The van der Waals surface area contributed by atoms with Crippen LogP contribution in [-0.4, -0.2) is 5.78 Å². The second kappa shape index (κ2) is 6.12. The van der Waals surface area contributed by atoms with E-state index in [1.165, 1.54) is 12.1 Å². The highest BCUT2D eigenvalue weighted by molar-refractivity contribution is 5.80. The van der Waals surface area contributed by atoms with Crippen LogP contribution in [-0.2, 0) is 11.2 Å². The molecular formula is C16H23FO. The van der Waals surface area contributed by atoms with Crippen molar-refractivity contribution >= 4 is 5.78 Å². The molecule has 0 aliphatic heterocycles. The molecule has 100 valence electrons. The van der Waals surface area contributed by atoms with Crippen molar-refractivity contribution in [3.8, 4) is 0 Å². The first kappa shape index (κ1) is 14.9. The van der Waals surface area contributed by atoms with Crippen molar-refractivity contribution in [2.75, 3.05) is 0 Å². The van der Waals surface area contributed by atoms with E-state index in [0.717, 1.165) is 24.0 Å². The number of carbonyl (C=O) groups is 1. The number of aryl methyl sites for hydroxylation is 1. The second-order valence-electron chi connectivity index (χ2n) is 6.27. The Labute approximate surface area is 109 Å². The van der Waals surface area contributed by atoms with Gasteiger partial charge in [-0.2, -0.15) is 0 Å². The van der Waals surface area contributed by atoms with Crippen LogP contribution in [0, 0.1) is 18.2 Å². The van der Waals surface area contributed by atoms with E-state index in [1.807, 2.05) is 13.0 Å². The molecule has 2 heteroatoms. The maximum atomic E-state index is 13.2. The highest BCUT2D eigenvalue weighted by atomic mass is 19.1. The van der Waals surface area contributed by atoms with E-state index >= 15 is 0 Å². The zero-order valence-electron chi connectivity index (χ0n) is 11.8. The van der Waals surface area contributed by atoms with Gasteiger partial charge in [0.1, 0.15) is 11.6 Å². The molecule has 0 fully saturated rings. The van der Waals surface area contributed by atoms with Crippen LogP contribution in [0.4, 0.5) is 4.39 Å². The van der Waals surface area contributed by atoms with Crippen LogP contribution >= 0.6 is 0 Å². The van der Waals surface area contributed by atoms with Gasteiger partial charge in [-0.1, -0.05) is 26.8 Å². The van der Waals surface area contributed by atoms with Crippen LogP contribution in [0.5, 0.6) is 0 Å². The minimum atomic E-state index is -0.257. The van der Waals surface area contributed by atoms with Crippen molar-refractivity contribution in [1.29, 1.82) is 0 Å². The summed E-state index contributed by atoms with van der Waals surface area (Å²) in [4.78, 5) is 11.8. The lowest BCUT2D eigenvalue weighted by molar-refractivity contribution is -0.118. The molecule has 0 aliphatic carbocycles. The summed E-state index contributed by atoms with van der Waals surface area (Å²) in [6, 6.07) is 4.81. The van der Waals surface area contributed by atoms with Gasteiger partial charge in [0, 0.05) is 12.8 Å². The summed E-state index contributed by atoms with van der Waals surface area (Å²) in [5.74, 6) is -0.0586. The van der Waals surface area contributed by atoms with Gasteiger partial charge in [0.2, 0.25) is 0 Å². The third kappa shape index (κ3) is 5.95. The Hall–Kier alpha value is -1.18. The average molecular weight is 250 g/mol. The first-order valence-electron chi connectivity index (χ1n) is 6.54. The lowest BCUT2D eigenvalue weighted by Gasteiger charge is -2.17. The fourth-order valence-electron chi connectivity index (χ4n) is 2.05. The third-order valence-electron chi connectivity index (χ3n) is 2.89. The van der Waals surface area contributed by atoms with E-state index in [0.29, 0.717) is 12.8 Å². The van der Waals surface area contributed by atoms with Crippen molar-refractivity contribution in [1.82, 2.24) is 0 Å². The maximum Gasteiger partial charge on any atom is 0.137 e. The summed E-state index contributed by atoms with van der Waals surface area (Å²) in [7, 11) is 0. The zero-order valence-corrected chi connectivity index (χ0v) is 11.8. The largest absolute Gasteiger partial charge is 0.299 e. The standard InChI is InChI=1S/C16H23FO/c1-12-8-13(10-14(17)9-12)11-15(18)6-5-7-16(2,3)4/h8-10H,5-7,11H2,1-4H3. The van der Waals surface area contributed by atoms with Gasteiger partial charge in [-0.25, -0.2) is 4.39 Å². The normalized spacial score (nSPS) is 11.6. The molecule has 0 unspecified atom stereocenters. The average Bonchev–Trinajstić information content (AvgIpc) is 2.12. The topological polar surface area (TPSA) is 17.1 Å². The van der Waals surface area contributed by atoms with Crippen molar-refractivity contribution in [2.24, 2.45) is 5.41 Å². The molecular weight excluding hydrogens is 227 g/mol. The summed E-state index contributed by atoms with van der Waals surface area (Å²) >= 11 is 0. The Morgan fingerprint density at radius 2 is 1.89 bits per heavy atom. The summed E-state index contributed by atoms with van der Waals surface area (Å²) < 4.78 is 13.2. The van der Waals surface area contributed by atoms with Crippen LogP contribution in [0.1, 0.15) is 51.2 Å². The summed E-state index contributed by atoms with van der Waals surface area (Å²) in [6.07, 6.45) is 2.90. The number of carbonyl (C=O) groups excluding carboxylic acids is 1. The molecule has 1 rings (SSSR count). The Kier molecular flexibility index (Phi) is 5.06. The first-order valence-corrected chi connectivity index (χ1v) is 6.54. The Bertz CT molecular complexity index is 395. The van der Waals surface area contributed by atoms with Gasteiger partial charge in [0.15, 0.2) is 0 Å². The maximum absolute atomic E-state index is 13.2. The van der Waals surface area contributed by atoms with Crippen molar-refractivity contribution in [3.05, 3.63) is 35.1 Å². The van der Waals surface area contributed by atoms with E-state index in [4.69, 9.17) is 0 Å². The Morgan fingerprint density at radius 1 is 1.22 bits per heavy atom. The molecule has 0 bridgehead atoms. The van der Waals surface area contributed by atoms with E-state index in [-0.39, 0.29) is 17.0 Å². The van der Waals surface area contributed by atoms with Crippen LogP contribution in [0.25, 0.3) is 0 Å². The smallest absolute Gasteiger partial charge is 0.137 e. The summed E-state index contributed by atoms with van der Waals surface area (Å²) in [6.45, 7) is 8.37. The number of Topliss-reactive ketones (excluding diaryl/α,β-unsaturated/α-hetero) is 1. The molecule has 1 aromatic carbocycles. The van der Waals surface area contributed by atoms with E-state index in [2.05, 4.69) is 20.8 Å². The van der Waals surface area contributed by atoms with E-state index < -0.39 is 0 Å². The SMILES string of the molecule is Cc1cc(F)cc(CC(=O)CCCC(C)(C)C)c1. The molecule has 0 amide bonds. The quantitative estimate of drug-likeness (QED) is 0.754. The van der Waals surface area contributed by atoms with Crippen LogP contribution in [0.3, 0.4) is 0 Å². The molecule has 1 aromatic rings. The molecule has 0 aliphatic rings. The molecule has 0 N–H and O–H groups in total. The highest BCUT2D eigenvalue weighted by Crippen LogP contribution is 2.22. The molecule has 18 heavy (non-hydrogen) atoms. The van der Waals surface area contributed by atoms with Gasteiger partial charge >= 0.3 is 0 Å². The fourth-order valence-corrected chi connectivity index (χ4v) is 2.05. The predicted molar refractivity (Wildman–Crippen MR) is 73.2 cm³/mol. The van der Waals surface area contributed by atoms with Gasteiger partial charge in [-0.3, -0.25) is 4.79 Å². The number of hydrogen-bond acceptors (Lipinski definition) is 1. The lowest BCUT2D eigenvalue weighted by Crippen LogP contribution is -2.08. The van der Waals surface area contributed by atoms with Crippen molar-refractivity contribution in [2.45, 2.75) is 53.4 Å². The van der Waals surface area contributed by atoms with Crippen LogP contribution in [0.15, 0.2) is 18.2 Å².